The first-order chi connectivity index (χ1) is 9.34. The number of carbonyl (C=O) groups is 1. The minimum absolute atomic E-state index is 0.204. The number of hydrogen-bond acceptors (Lipinski definition) is 6. The van der Waals surface area contributed by atoms with Crippen LogP contribution in [0.15, 0.2) is 18.7 Å². The summed E-state index contributed by atoms with van der Waals surface area (Å²) >= 11 is 0. The van der Waals surface area contributed by atoms with Crippen LogP contribution in [0.1, 0.15) is 6.92 Å². The maximum absolute atomic E-state index is 11.3. The Morgan fingerprint density at radius 2 is 1.68 bits per heavy atom. The Morgan fingerprint density at radius 3 is 2.26 bits per heavy atom. The van der Waals surface area contributed by atoms with Crippen molar-refractivity contribution in [1.82, 2.24) is 9.55 Å². The second-order valence-electron chi connectivity index (χ2n) is 3.51. The first-order valence-corrected chi connectivity index (χ1v) is 6.23. The maximum atomic E-state index is 11.3. The third-order valence-electron chi connectivity index (χ3n) is 2.12. The Kier molecular flexibility index (Phi) is 8.61. The Bertz CT molecular complexity index is 329. The van der Waals surface area contributed by atoms with Crippen LogP contribution in [0.2, 0.25) is 0 Å². The molecule has 0 saturated carbocycles. The SMILES string of the molecule is CCOCCOCCOCCOC(=O)n1ccnc1. The molecule has 0 aliphatic heterocycles. The predicted molar refractivity (Wildman–Crippen MR) is 67.1 cm³/mol. The highest BCUT2D eigenvalue weighted by Gasteiger charge is 2.03. The van der Waals surface area contributed by atoms with Crippen LogP contribution in [0.4, 0.5) is 4.79 Å². The van der Waals surface area contributed by atoms with Crippen LogP contribution in [0.25, 0.3) is 0 Å². The van der Waals surface area contributed by atoms with Crippen LogP contribution in [0.5, 0.6) is 0 Å². The summed E-state index contributed by atoms with van der Waals surface area (Å²) in [7, 11) is 0. The number of ether oxygens (including phenoxy) is 4. The lowest BCUT2D eigenvalue weighted by Gasteiger charge is -2.07. The van der Waals surface area contributed by atoms with Crippen LogP contribution in [0.3, 0.4) is 0 Å². The van der Waals surface area contributed by atoms with Crippen molar-refractivity contribution in [3.05, 3.63) is 18.7 Å². The molecule has 0 bridgehead atoms. The van der Waals surface area contributed by atoms with Gasteiger partial charge in [-0.05, 0) is 6.92 Å². The van der Waals surface area contributed by atoms with Crippen LogP contribution in [-0.2, 0) is 18.9 Å². The first kappa shape index (κ1) is 15.6. The van der Waals surface area contributed by atoms with E-state index >= 15 is 0 Å². The molecule has 0 fully saturated rings. The van der Waals surface area contributed by atoms with Gasteiger partial charge in [-0.15, -0.1) is 0 Å². The minimum atomic E-state index is -0.464. The van der Waals surface area contributed by atoms with Crippen molar-refractivity contribution < 1.29 is 23.7 Å². The highest BCUT2D eigenvalue weighted by atomic mass is 16.6. The van der Waals surface area contributed by atoms with Crippen LogP contribution < -0.4 is 0 Å². The zero-order chi connectivity index (χ0) is 13.8. The Morgan fingerprint density at radius 1 is 1.05 bits per heavy atom. The zero-order valence-electron chi connectivity index (χ0n) is 11.1. The van der Waals surface area contributed by atoms with Gasteiger partial charge in [-0.1, -0.05) is 0 Å². The molecule has 7 nitrogen and oxygen atoms in total. The molecule has 1 aromatic rings. The third kappa shape index (κ3) is 7.55. The Balaban J connectivity index is 1.85. The highest BCUT2D eigenvalue weighted by Crippen LogP contribution is 1.90. The summed E-state index contributed by atoms with van der Waals surface area (Å²) < 4.78 is 21.8. The van der Waals surface area contributed by atoms with Crippen molar-refractivity contribution in [1.29, 1.82) is 0 Å². The molecule has 0 aliphatic carbocycles. The van der Waals surface area contributed by atoms with Crippen molar-refractivity contribution in [2.45, 2.75) is 6.92 Å². The Labute approximate surface area is 112 Å². The molecule has 0 aromatic carbocycles. The number of imidazole rings is 1. The summed E-state index contributed by atoms with van der Waals surface area (Å²) in [5, 5.41) is 0. The molecular formula is C12H20N2O5. The number of nitrogens with zero attached hydrogens (tertiary/aromatic N) is 2. The molecule has 7 heteroatoms. The van der Waals surface area contributed by atoms with E-state index in [1.807, 2.05) is 6.92 Å². The van der Waals surface area contributed by atoms with Crippen molar-refractivity contribution in [2.24, 2.45) is 0 Å². The van der Waals surface area contributed by atoms with E-state index in [0.29, 0.717) is 39.6 Å². The molecule has 0 spiro atoms. The molecule has 19 heavy (non-hydrogen) atoms. The lowest BCUT2D eigenvalue weighted by Crippen LogP contribution is -2.16. The van der Waals surface area contributed by atoms with Gasteiger partial charge in [-0.25, -0.2) is 14.3 Å². The monoisotopic (exact) mass is 272 g/mol. The summed E-state index contributed by atoms with van der Waals surface area (Å²) in [6.07, 6.45) is 3.95. The highest BCUT2D eigenvalue weighted by molar-refractivity contribution is 5.69. The summed E-state index contributed by atoms with van der Waals surface area (Å²) in [6, 6.07) is 0. The largest absolute Gasteiger partial charge is 0.446 e. The van der Waals surface area contributed by atoms with E-state index in [4.69, 9.17) is 18.9 Å². The van der Waals surface area contributed by atoms with Gasteiger partial charge in [-0.2, -0.15) is 0 Å². The van der Waals surface area contributed by atoms with Gasteiger partial charge in [0.25, 0.3) is 0 Å². The third-order valence-corrected chi connectivity index (χ3v) is 2.12. The van der Waals surface area contributed by atoms with Crippen LogP contribution in [0, 0.1) is 0 Å². The van der Waals surface area contributed by atoms with Gasteiger partial charge in [-0.3, -0.25) is 0 Å². The fraction of sp³-hybridized carbons (Fsp3) is 0.667. The molecule has 0 amide bonds. The predicted octanol–water partition coefficient (Wildman–Crippen LogP) is 0.937. The molecule has 0 aliphatic rings. The molecule has 0 unspecified atom stereocenters. The fourth-order valence-corrected chi connectivity index (χ4v) is 1.21. The van der Waals surface area contributed by atoms with Crippen molar-refractivity contribution in [3.63, 3.8) is 0 Å². The van der Waals surface area contributed by atoms with Crippen LogP contribution in [-0.4, -0.2) is 61.9 Å². The second-order valence-corrected chi connectivity index (χ2v) is 3.51. The lowest BCUT2D eigenvalue weighted by molar-refractivity contribution is 0.00753. The van der Waals surface area contributed by atoms with Gasteiger partial charge in [0.05, 0.1) is 33.0 Å². The van der Waals surface area contributed by atoms with E-state index in [-0.39, 0.29) is 6.61 Å². The van der Waals surface area contributed by atoms with Gasteiger partial charge in [0.15, 0.2) is 0 Å². The summed E-state index contributed by atoms with van der Waals surface area (Å²) in [4.78, 5) is 15.1. The average Bonchev–Trinajstić information content (AvgIpc) is 2.95. The van der Waals surface area contributed by atoms with E-state index < -0.39 is 6.09 Å². The fourth-order valence-electron chi connectivity index (χ4n) is 1.21. The zero-order valence-corrected chi connectivity index (χ0v) is 11.1. The van der Waals surface area contributed by atoms with E-state index in [0.717, 1.165) is 0 Å². The minimum Gasteiger partial charge on any atom is -0.446 e. The first-order valence-electron chi connectivity index (χ1n) is 6.23. The normalized spacial score (nSPS) is 10.6. The number of rotatable bonds is 10. The van der Waals surface area contributed by atoms with Crippen LogP contribution >= 0.6 is 0 Å². The summed E-state index contributed by atoms with van der Waals surface area (Å²) in [5.74, 6) is 0. The molecular weight excluding hydrogens is 252 g/mol. The lowest BCUT2D eigenvalue weighted by atomic mass is 10.7. The van der Waals surface area contributed by atoms with E-state index in [2.05, 4.69) is 4.98 Å². The Hall–Kier alpha value is -1.44. The van der Waals surface area contributed by atoms with E-state index in [1.165, 1.54) is 23.3 Å². The standard InChI is InChI=1S/C12H20N2O5/c1-2-16-5-6-17-7-8-18-9-10-19-12(15)14-4-3-13-11-14/h3-4,11H,2,5-10H2,1H3. The average molecular weight is 272 g/mol. The van der Waals surface area contributed by atoms with Gasteiger partial charge in [0, 0.05) is 19.0 Å². The van der Waals surface area contributed by atoms with Gasteiger partial charge < -0.3 is 18.9 Å². The topological polar surface area (TPSA) is 71.8 Å². The number of hydrogen-bond donors (Lipinski definition) is 0. The summed E-state index contributed by atoms with van der Waals surface area (Å²) in [6.45, 7) is 5.31. The van der Waals surface area contributed by atoms with Crippen molar-refractivity contribution >= 4 is 6.09 Å². The number of aromatic nitrogens is 2. The number of carbonyl (C=O) groups excluding carboxylic acids is 1. The quantitative estimate of drug-likeness (QED) is 0.590. The molecule has 0 saturated heterocycles. The molecule has 0 radical (unpaired) electrons. The molecule has 1 rings (SSSR count). The molecule has 108 valence electrons. The van der Waals surface area contributed by atoms with Gasteiger partial charge in [0.1, 0.15) is 12.9 Å². The molecule has 1 aromatic heterocycles. The molecule has 0 N–H and O–H groups in total. The van der Waals surface area contributed by atoms with Crippen molar-refractivity contribution in [2.75, 3.05) is 46.2 Å². The van der Waals surface area contributed by atoms with E-state index in [1.54, 1.807) is 0 Å². The van der Waals surface area contributed by atoms with Crippen molar-refractivity contribution in [3.8, 4) is 0 Å². The van der Waals surface area contributed by atoms with E-state index in [9.17, 15) is 4.79 Å². The smallest absolute Gasteiger partial charge is 0.419 e. The molecule has 1 heterocycles. The molecule has 0 atom stereocenters. The maximum Gasteiger partial charge on any atom is 0.419 e. The summed E-state index contributed by atoms with van der Waals surface area (Å²) in [5.41, 5.74) is 0. The second kappa shape index (κ2) is 10.5. The van der Waals surface area contributed by atoms with Gasteiger partial charge >= 0.3 is 6.09 Å². The van der Waals surface area contributed by atoms with Gasteiger partial charge in [0.2, 0.25) is 0 Å².